The number of carbonyl (C=O) groups excluding carboxylic acids is 3. The number of hydrogen-bond donors (Lipinski definition) is 2. The van der Waals surface area contributed by atoms with Gasteiger partial charge < -0.3 is 20.4 Å². The largest absolute Gasteiger partial charge is 0.369 e. The lowest BCUT2D eigenvalue weighted by Gasteiger charge is -2.39. The van der Waals surface area contributed by atoms with Gasteiger partial charge in [-0.1, -0.05) is 29.3 Å². The molecule has 0 radical (unpaired) electrons. The van der Waals surface area contributed by atoms with Crippen molar-refractivity contribution in [3.8, 4) is 0 Å². The summed E-state index contributed by atoms with van der Waals surface area (Å²) in [6, 6.07) is 14.4. The second-order valence-corrected chi connectivity index (χ2v) is 9.19. The van der Waals surface area contributed by atoms with Crippen LogP contribution in [0, 0.1) is 6.92 Å². The summed E-state index contributed by atoms with van der Waals surface area (Å²) in [7, 11) is 0. The van der Waals surface area contributed by atoms with Gasteiger partial charge in [0.05, 0.1) is 13.0 Å². The molecule has 0 aliphatic carbocycles. The summed E-state index contributed by atoms with van der Waals surface area (Å²) >= 11 is 5.98. The minimum Gasteiger partial charge on any atom is -0.369 e. The van der Waals surface area contributed by atoms with E-state index in [9.17, 15) is 14.4 Å². The lowest BCUT2D eigenvalue weighted by molar-refractivity contribution is -0.145. The quantitative estimate of drug-likeness (QED) is 0.657. The summed E-state index contributed by atoms with van der Waals surface area (Å²) in [6.07, 6.45) is -0.0736. The average molecular weight is 484 g/mol. The van der Waals surface area contributed by atoms with E-state index in [1.54, 1.807) is 4.90 Å². The Hall–Kier alpha value is -3.10. The average Bonchev–Trinajstić information content (AvgIpc) is 2.83. The molecule has 34 heavy (non-hydrogen) atoms. The van der Waals surface area contributed by atoms with Gasteiger partial charge in [0.25, 0.3) is 0 Å². The molecule has 9 heteroatoms. The molecule has 0 saturated carbocycles. The number of halogens is 1. The first-order chi connectivity index (χ1) is 16.4. The number of nitrogens with zero attached hydrogens (tertiary/aromatic N) is 3. The van der Waals surface area contributed by atoms with Gasteiger partial charge in [0.15, 0.2) is 0 Å². The summed E-state index contributed by atoms with van der Waals surface area (Å²) < 4.78 is 0. The molecule has 2 aliphatic rings. The highest BCUT2D eigenvalue weighted by Crippen LogP contribution is 2.20. The van der Waals surface area contributed by atoms with Crippen LogP contribution in [-0.2, 0) is 14.4 Å². The number of aryl methyl sites for hydroxylation is 1. The van der Waals surface area contributed by atoms with Crippen LogP contribution in [0.25, 0.3) is 0 Å². The van der Waals surface area contributed by atoms with Gasteiger partial charge in [-0.2, -0.15) is 0 Å². The van der Waals surface area contributed by atoms with Gasteiger partial charge in [-0.15, -0.1) is 0 Å². The Bertz CT molecular complexity index is 1020. The van der Waals surface area contributed by atoms with Crippen molar-refractivity contribution in [3.63, 3.8) is 0 Å². The lowest BCUT2D eigenvalue weighted by Crippen LogP contribution is -2.60. The highest BCUT2D eigenvalue weighted by Gasteiger charge is 2.35. The monoisotopic (exact) mass is 483 g/mol. The number of rotatable bonds is 6. The van der Waals surface area contributed by atoms with Crippen molar-refractivity contribution >= 4 is 40.7 Å². The van der Waals surface area contributed by atoms with Crippen molar-refractivity contribution < 1.29 is 14.4 Å². The molecule has 0 unspecified atom stereocenters. The van der Waals surface area contributed by atoms with Crippen LogP contribution in [0.4, 0.5) is 11.4 Å². The SMILES string of the molecule is Cc1ccc(NC(=O)C[C@H]2C(=O)NCCN2C(=O)CN2CCN(c3ccc(Cl)cc3)CC2)cc1. The molecule has 2 heterocycles. The number of nitrogens with one attached hydrogen (secondary N) is 2. The zero-order valence-corrected chi connectivity index (χ0v) is 20.1. The van der Waals surface area contributed by atoms with E-state index in [1.807, 2.05) is 55.5 Å². The fraction of sp³-hybridized carbons (Fsp3) is 0.400. The lowest BCUT2D eigenvalue weighted by atomic mass is 10.1. The molecule has 2 aromatic carbocycles. The third-order valence-corrected chi connectivity index (χ3v) is 6.54. The van der Waals surface area contributed by atoms with Gasteiger partial charge >= 0.3 is 0 Å². The Kier molecular flexibility index (Phi) is 7.70. The molecule has 0 aromatic heterocycles. The number of benzene rings is 2. The summed E-state index contributed by atoms with van der Waals surface area (Å²) in [5.74, 6) is -0.700. The van der Waals surface area contributed by atoms with Crippen LogP contribution in [0.15, 0.2) is 48.5 Å². The summed E-state index contributed by atoms with van der Waals surface area (Å²) in [5, 5.41) is 6.31. The van der Waals surface area contributed by atoms with Crippen molar-refractivity contribution in [3.05, 3.63) is 59.1 Å². The Morgan fingerprint density at radius 3 is 2.35 bits per heavy atom. The maximum Gasteiger partial charge on any atom is 0.243 e. The van der Waals surface area contributed by atoms with E-state index >= 15 is 0 Å². The Morgan fingerprint density at radius 1 is 1.00 bits per heavy atom. The van der Waals surface area contributed by atoms with E-state index in [0.29, 0.717) is 23.8 Å². The smallest absolute Gasteiger partial charge is 0.243 e. The van der Waals surface area contributed by atoms with Crippen molar-refractivity contribution in [2.75, 3.05) is 56.0 Å². The van der Waals surface area contributed by atoms with Crippen molar-refractivity contribution in [1.29, 1.82) is 0 Å². The van der Waals surface area contributed by atoms with Gasteiger partial charge in [-0.3, -0.25) is 19.3 Å². The molecule has 180 valence electrons. The van der Waals surface area contributed by atoms with Crippen LogP contribution >= 0.6 is 11.6 Å². The van der Waals surface area contributed by atoms with Crippen molar-refractivity contribution in [2.24, 2.45) is 0 Å². The maximum atomic E-state index is 13.1. The highest BCUT2D eigenvalue weighted by molar-refractivity contribution is 6.30. The minimum atomic E-state index is -0.804. The first-order valence-electron chi connectivity index (χ1n) is 11.6. The van der Waals surface area contributed by atoms with Crippen molar-refractivity contribution in [1.82, 2.24) is 15.1 Å². The molecule has 2 N–H and O–H groups in total. The zero-order chi connectivity index (χ0) is 24.1. The van der Waals surface area contributed by atoms with Crippen LogP contribution in [0.5, 0.6) is 0 Å². The fourth-order valence-corrected chi connectivity index (χ4v) is 4.46. The third-order valence-electron chi connectivity index (χ3n) is 6.29. The topological polar surface area (TPSA) is 85.0 Å². The van der Waals surface area contributed by atoms with E-state index in [0.717, 1.165) is 37.4 Å². The van der Waals surface area contributed by atoms with E-state index in [4.69, 9.17) is 11.6 Å². The van der Waals surface area contributed by atoms with Crippen LogP contribution in [0.2, 0.25) is 5.02 Å². The highest BCUT2D eigenvalue weighted by atomic mass is 35.5. The molecule has 8 nitrogen and oxygen atoms in total. The van der Waals surface area contributed by atoms with E-state index in [-0.39, 0.29) is 30.7 Å². The van der Waals surface area contributed by atoms with Crippen LogP contribution in [0.1, 0.15) is 12.0 Å². The predicted octanol–water partition coefficient (Wildman–Crippen LogP) is 2.13. The van der Waals surface area contributed by atoms with E-state index in [2.05, 4.69) is 20.4 Å². The van der Waals surface area contributed by atoms with Crippen molar-refractivity contribution in [2.45, 2.75) is 19.4 Å². The van der Waals surface area contributed by atoms with E-state index < -0.39 is 6.04 Å². The van der Waals surface area contributed by atoms with Gasteiger partial charge in [-0.05, 0) is 43.3 Å². The fourth-order valence-electron chi connectivity index (χ4n) is 4.34. The Balaban J connectivity index is 1.31. The first kappa shape index (κ1) is 24.0. The minimum absolute atomic E-state index is 0.0736. The Labute approximate surface area is 204 Å². The van der Waals surface area contributed by atoms with Gasteiger partial charge in [0.2, 0.25) is 17.7 Å². The maximum absolute atomic E-state index is 13.1. The number of anilines is 2. The summed E-state index contributed by atoms with van der Waals surface area (Å²) in [5.41, 5.74) is 2.88. The number of piperazine rings is 2. The third kappa shape index (κ3) is 6.07. The molecular weight excluding hydrogens is 454 g/mol. The molecule has 3 amide bonds. The normalized spacial score (nSPS) is 19.0. The number of carbonyl (C=O) groups is 3. The number of hydrogen-bond acceptors (Lipinski definition) is 5. The molecule has 0 spiro atoms. The molecule has 1 atom stereocenters. The standard InChI is InChI=1S/C25H30ClN5O3/c1-18-2-6-20(7-3-18)28-23(32)16-22-25(34)27-10-11-31(22)24(33)17-29-12-14-30(15-13-29)21-8-4-19(26)5-9-21/h2-9,22H,10-17H2,1H3,(H,27,34)(H,28,32)/t22-/m0/s1. The molecular formula is C25H30ClN5O3. The zero-order valence-electron chi connectivity index (χ0n) is 19.3. The first-order valence-corrected chi connectivity index (χ1v) is 11.9. The molecule has 2 aromatic rings. The Morgan fingerprint density at radius 2 is 1.68 bits per heavy atom. The van der Waals surface area contributed by atoms with Gasteiger partial charge in [0, 0.05) is 55.7 Å². The molecule has 4 rings (SSSR count). The molecule has 2 aliphatic heterocycles. The van der Waals surface area contributed by atoms with Crippen LogP contribution < -0.4 is 15.5 Å². The number of amides is 3. The molecule has 2 fully saturated rings. The second-order valence-electron chi connectivity index (χ2n) is 8.75. The second kappa shape index (κ2) is 10.9. The molecule has 0 bridgehead atoms. The van der Waals surface area contributed by atoms with Gasteiger partial charge in [-0.25, -0.2) is 0 Å². The summed E-state index contributed by atoms with van der Waals surface area (Å²) in [6.45, 7) is 6.09. The van der Waals surface area contributed by atoms with Crippen LogP contribution in [0.3, 0.4) is 0 Å². The summed E-state index contributed by atoms with van der Waals surface area (Å²) in [4.78, 5) is 44.2. The van der Waals surface area contributed by atoms with Gasteiger partial charge in [0.1, 0.15) is 6.04 Å². The predicted molar refractivity (Wildman–Crippen MR) is 133 cm³/mol. The van der Waals surface area contributed by atoms with E-state index in [1.165, 1.54) is 0 Å². The molecule has 2 saturated heterocycles. The van der Waals surface area contributed by atoms with Crippen LogP contribution in [-0.4, -0.2) is 79.4 Å².